The third kappa shape index (κ3) is 3.58. The van der Waals surface area contributed by atoms with Crippen LogP contribution in [0.3, 0.4) is 0 Å². The van der Waals surface area contributed by atoms with Gasteiger partial charge in [0.1, 0.15) is 22.1 Å². The Morgan fingerprint density at radius 3 is 2.79 bits per heavy atom. The number of thiophene rings is 1. The number of carbonyl (C=O) groups excluding carboxylic acids is 2. The molecule has 140 valence electrons. The van der Waals surface area contributed by atoms with E-state index in [1.165, 1.54) is 17.4 Å². The lowest BCUT2D eigenvalue weighted by molar-refractivity contribution is 0.0739. The van der Waals surface area contributed by atoms with Crippen molar-refractivity contribution in [3.8, 4) is 17.2 Å². The molecule has 1 aliphatic rings. The maximum atomic E-state index is 12.7. The SMILES string of the molecule is COc1ccc(Br)cc1/C=C1\Oc2cc(OC(=O)c3cccs3)ccc2C1=O. The number of esters is 1. The summed E-state index contributed by atoms with van der Waals surface area (Å²) in [5.41, 5.74) is 1.12. The quantitative estimate of drug-likeness (QED) is 0.300. The Labute approximate surface area is 173 Å². The van der Waals surface area contributed by atoms with Gasteiger partial charge in [-0.2, -0.15) is 0 Å². The maximum Gasteiger partial charge on any atom is 0.353 e. The lowest BCUT2D eigenvalue weighted by Crippen LogP contribution is -2.06. The topological polar surface area (TPSA) is 61.8 Å². The molecule has 2 aromatic carbocycles. The average Bonchev–Trinajstić information content (AvgIpc) is 3.31. The summed E-state index contributed by atoms with van der Waals surface area (Å²) in [6.45, 7) is 0. The van der Waals surface area contributed by atoms with Gasteiger partial charge in [0.15, 0.2) is 5.76 Å². The Hall–Kier alpha value is -2.90. The van der Waals surface area contributed by atoms with E-state index in [1.807, 2.05) is 12.1 Å². The Bertz CT molecular complexity index is 1100. The van der Waals surface area contributed by atoms with Gasteiger partial charge in [-0.05, 0) is 47.9 Å². The van der Waals surface area contributed by atoms with Crippen LogP contribution in [0.5, 0.6) is 17.2 Å². The summed E-state index contributed by atoms with van der Waals surface area (Å²) < 4.78 is 17.3. The van der Waals surface area contributed by atoms with Gasteiger partial charge in [-0.15, -0.1) is 11.3 Å². The summed E-state index contributed by atoms with van der Waals surface area (Å²) in [7, 11) is 1.56. The first-order chi connectivity index (χ1) is 13.5. The van der Waals surface area contributed by atoms with Gasteiger partial charge >= 0.3 is 5.97 Å². The van der Waals surface area contributed by atoms with Crippen molar-refractivity contribution in [2.24, 2.45) is 0 Å². The van der Waals surface area contributed by atoms with Crippen LogP contribution in [0.1, 0.15) is 25.6 Å². The summed E-state index contributed by atoms with van der Waals surface area (Å²) in [6, 6.07) is 13.7. The van der Waals surface area contributed by atoms with Crippen LogP contribution in [0.15, 0.2) is 64.1 Å². The fraction of sp³-hybridized carbons (Fsp3) is 0.0476. The second kappa shape index (κ2) is 7.61. The molecule has 0 radical (unpaired) electrons. The number of benzene rings is 2. The van der Waals surface area contributed by atoms with Gasteiger partial charge in [-0.1, -0.05) is 22.0 Å². The van der Waals surface area contributed by atoms with E-state index in [4.69, 9.17) is 14.2 Å². The highest BCUT2D eigenvalue weighted by Crippen LogP contribution is 2.36. The molecule has 0 atom stereocenters. The van der Waals surface area contributed by atoms with Crippen LogP contribution in [0.25, 0.3) is 6.08 Å². The van der Waals surface area contributed by atoms with Gasteiger partial charge in [0.2, 0.25) is 5.78 Å². The Morgan fingerprint density at radius 1 is 1.18 bits per heavy atom. The molecule has 7 heteroatoms. The smallest absolute Gasteiger partial charge is 0.353 e. The molecule has 4 rings (SSSR count). The summed E-state index contributed by atoms with van der Waals surface area (Å²) in [6.07, 6.45) is 1.63. The highest BCUT2D eigenvalue weighted by atomic mass is 79.9. The van der Waals surface area contributed by atoms with Crippen LogP contribution >= 0.6 is 27.3 Å². The minimum absolute atomic E-state index is 0.174. The molecule has 0 amide bonds. The highest BCUT2D eigenvalue weighted by molar-refractivity contribution is 9.10. The molecule has 0 spiro atoms. The zero-order valence-electron chi connectivity index (χ0n) is 14.6. The van der Waals surface area contributed by atoms with Crippen molar-refractivity contribution < 1.29 is 23.8 Å². The minimum Gasteiger partial charge on any atom is -0.496 e. The first kappa shape index (κ1) is 18.5. The summed E-state index contributed by atoms with van der Waals surface area (Å²) in [5.74, 6) is 0.761. The highest BCUT2D eigenvalue weighted by Gasteiger charge is 2.28. The number of ketones is 1. The molecule has 0 fully saturated rings. The molecule has 5 nitrogen and oxygen atoms in total. The molecule has 0 N–H and O–H groups in total. The van der Waals surface area contributed by atoms with Crippen molar-refractivity contribution in [2.45, 2.75) is 0 Å². The number of ether oxygens (including phenoxy) is 3. The molecule has 0 saturated carbocycles. The fourth-order valence-electron chi connectivity index (χ4n) is 2.74. The number of Topliss-reactive ketones (excluding diaryl/α,β-unsaturated/α-hetero) is 1. The number of fused-ring (bicyclic) bond motifs is 1. The van der Waals surface area contributed by atoms with Crippen LogP contribution < -0.4 is 14.2 Å². The van der Waals surface area contributed by atoms with Crippen LogP contribution in [0.4, 0.5) is 0 Å². The molecule has 0 bridgehead atoms. The number of methoxy groups -OCH3 is 1. The van der Waals surface area contributed by atoms with Gasteiger partial charge in [-0.25, -0.2) is 4.79 Å². The van der Waals surface area contributed by atoms with Crippen LogP contribution in [0, 0.1) is 0 Å². The average molecular weight is 457 g/mol. The molecular weight excluding hydrogens is 444 g/mol. The first-order valence-electron chi connectivity index (χ1n) is 8.22. The standard InChI is InChI=1S/C21H13BrO5S/c1-25-16-7-4-13(22)9-12(16)10-18-20(23)15-6-5-14(11-17(15)27-18)26-21(24)19-3-2-8-28-19/h2-11H,1H3/b18-10-. The molecule has 2 heterocycles. The molecular formula is C21H13BrO5S. The molecule has 0 saturated heterocycles. The van der Waals surface area contributed by atoms with Crippen molar-refractivity contribution in [1.82, 2.24) is 0 Å². The van der Waals surface area contributed by atoms with Gasteiger partial charge in [-0.3, -0.25) is 4.79 Å². The minimum atomic E-state index is -0.450. The van der Waals surface area contributed by atoms with E-state index in [0.29, 0.717) is 33.3 Å². The first-order valence-corrected chi connectivity index (χ1v) is 9.90. The molecule has 3 aromatic rings. The predicted molar refractivity (Wildman–Crippen MR) is 109 cm³/mol. The van der Waals surface area contributed by atoms with Crippen molar-refractivity contribution >= 4 is 45.1 Å². The molecule has 0 unspecified atom stereocenters. The van der Waals surface area contributed by atoms with Crippen LogP contribution in [-0.2, 0) is 0 Å². The van der Waals surface area contributed by atoms with E-state index < -0.39 is 5.97 Å². The lowest BCUT2D eigenvalue weighted by atomic mass is 10.1. The number of halogens is 1. The van der Waals surface area contributed by atoms with E-state index in [1.54, 1.807) is 48.9 Å². The molecule has 0 aliphatic carbocycles. The number of carbonyl (C=O) groups is 2. The fourth-order valence-corrected chi connectivity index (χ4v) is 3.72. The second-order valence-corrected chi connectivity index (χ2v) is 7.71. The molecule has 1 aliphatic heterocycles. The summed E-state index contributed by atoms with van der Waals surface area (Å²) in [5, 5.41) is 1.80. The third-order valence-corrected chi connectivity index (χ3v) is 5.40. The second-order valence-electron chi connectivity index (χ2n) is 5.85. The Kier molecular flexibility index (Phi) is 5.02. The monoisotopic (exact) mass is 456 g/mol. The molecule has 28 heavy (non-hydrogen) atoms. The predicted octanol–water partition coefficient (Wildman–Crippen LogP) is 5.35. The number of allylic oxidation sites excluding steroid dienone is 1. The molecule has 1 aromatic heterocycles. The zero-order valence-corrected chi connectivity index (χ0v) is 17.0. The van der Waals surface area contributed by atoms with Gasteiger partial charge in [0.25, 0.3) is 0 Å². The van der Waals surface area contributed by atoms with E-state index in [2.05, 4.69) is 15.9 Å². The van der Waals surface area contributed by atoms with Crippen molar-refractivity contribution in [3.63, 3.8) is 0 Å². The summed E-state index contributed by atoms with van der Waals surface area (Å²) in [4.78, 5) is 25.3. The third-order valence-electron chi connectivity index (χ3n) is 4.05. The number of rotatable bonds is 4. The van der Waals surface area contributed by atoms with E-state index in [9.17, 15) is 9.59 Å². The van der Waals surface area contributed by atoms with Gasteiger partial charge < -0.3 is 14.2 Å². The van der Waals surface area contributed by atoms with Crippen molar-refractivity contribution in [3.05, 3.63) is 80.1 Å². The zero-order chi connectivity index (χ0) is 19.7. The largest absolute Gasteiger partial charge is 0.496 e. The van der Waals surface area contributed by atoms with E-state index >= 15 is 0 Å². The Morgan fingerprint density at radius 2 is 2.04 bits per heavy atom. The summed E-state index contributed by atoms with van der Waals surface area (Å²) >= 11 is 4.71. The van der Waals surface area contributed by atoms with Crippen molar-refractivity contribution in [2.75, 3.05) is 7.11 Å². The normalized spacial score (nSPS) is 13.9. The Balaban J connectivity index is 1.60. The van der Waals surface area contributed by atoms with Gasteiger partial charge in [0.05, 0.1) is 12.7 Å². The number of hydrogen-bond acceptors (Lipinski definition) is 6. The number of hydrogen-bond donors (Lipinski definition) is 0. The van der Waals surface area contributed by atoms with E-state index in [0.717, 1.165) is 4.47 Å². The van der Waals surface area contributed by atoms with E-state index in [-0.39, 0.29) is 11.5 Å². The van der Waals surface area contributed by atoms with Crippen molar-refractivity contribution in [1.29, 1.82) is 0 Å². The van der Waals surface area contributed by atoms with Crippen LogP contribution in [-0.4, -0.2) is 18.9 Å². The van der Waals surface area contributed by atoms with Crippen LogP contribution in [0.2, 0.25) is 0 Å². The lowest BCUT2D eigenvalue weighted by Gasteiger charge is -2.06. The van der Waals surface area contributed by atoms with Gasteiger partial charge in [0, 0.05) is 16.1 Å². The maximum absolute atomic E-state index is 12.7.